The van der Waals surface area contributed by atoms with E-state index >= 15 is 0 Å². The number of hydrogen-bond donors (Lipinski definition) is 0. The second kappa shape index (κ2) is 5.81. The predicted octanol–water partition coefficient (Wildman–Crippen LogP) is 3.59. The summed E-state index contributed by atoms with van der Waals surface area (Å²) in [4.78, 5) is 11.7. The maximum absolute atomic E-state index is 11.7. The Morgan fingerprint density at radius 2 is 1.94 bits per heavy atom. The maximum Gasteiger partial charge on any atom is 0.133 e. The van der Waals surface area contributed by atoms with Crippen LogP contribution in [0.25, 0.3) is 0 Å². The lowest BCUT2D eigenvalue weighted by Gasteiger charge is -2.34. The molecule has 2 nitrogen and oxygen atoms in total. The molecule has 94 valence electrons. The molecule has 0 unspecified atom stereocenters. The van der Waals surface area contributed by atoms with Crippen molar-refractivity contribution in [1.29, 1.82) is 0 Å². The van der Waals surface area contributed by atoms with Crippen LogP contribution in [-0.2, 0) is 9.53 Å². The summed E-state index contributed by atoms with van der Waals surface area (Å²) in [6.07, 6.45) is 5.15. The van der Waals surface area contributed by atoms with Gasteiger partial charge < -0.3 is 4.74 Å². The summed E-state index contributed by atoms with van der Waals surface area (Å²) in [5, 5.41) is 0. The van der Waals surface area contributed by atoms with E-state index in [2.05, 4.69) is 20.8 Å². The number of carbonyl (C=O) groups excluding carboxylic acids is 1. The van der Waals surface area contributed by atoms with Gasteiger partial charge in [0, 0.05) is 19.4 Å². The van der Waals surface area contributed by atoms with Gasteiger partial charge >= 0.3 is 0 Å². The molecule has 0 radical (unpaired) electrons. The summed E-state index contributed by atoms with van der Waals surface area (Å²) in [5.74, 6) is 1.04. The Morgan fingerprint density at radius 1 is 1.31 bits per heavy atom. The van der Waals surface area contributed by atoms with Crippen LogP contribution in [0.4, 0.5) is 0 Å². The first kappa shape index (κ1) is 13.7. The van der Waals surface area contributed by atoms with Gasteiger partial charge in [-0.15, -0.1) is 0 Å². The summed E-state index contributed by atoms with van der Waals surface area (Å²) in [6.45, 7) is 9.40. The maximum atomic E-state index is 11.7. The van der Waals surface area contributed by atoms with Crippen LogP contribution in [0.15, 0.2) is 0 Å². The normalized spacial score (nSPS) is 25.2. The highest BCUT2D eigenvalue weighted by Gasteiger charge is 2.30. The fourth-order valence-electron chi connectivity index (χ4n) is 2.15. The van der Waals surface area contributed by atoms with Crippen molar-refractivity contribution < 1.29 is 9.53 Å². The molecule has 0 aromatic rings. The van der Waals surface area contributed by atoms with Crippen LogP contribution < -0.4 is 0 Å². The zero-order valence-corrected chi connectivity index (χ0v) is 11.2. The molecule has 0 aromatic heterocycles. The first-order valence-electron chi connectivity index (χ1n) is 6.54. The molecule has 0 aliphatic heterocycles. The average Bonchev–Trinajstić information content (AvgIpc) is 2.10. The third-order valence-corrected chi connectivity index (χ3v) is 3.27. The Hall–Kier alpha value is -0.370. The standard InChI is InChI=1S/C14H26O2/c1-5-16-13-9-11(10-13)8-12(15)6-7-14(2,3)4/h11,13H,5-10H2,1-4H3. The van der Waals surface area contributed by atoms with Crippen molar-refractivity contribution in [2.45, 2.75) is 65.9 Å². The van der Waals surface area contributed by atoms with E-state index in [1.807, 2.05) is 6.92 Å². The van der Waals surface area contributed by atoms with E-state index < -0.39 is 0 Å². The van der Waals surface area contributed by atoms with E-state index in [4.69, 9.17) is 4.74 Å². The zero-order chi connectivity index (χ0) is 12.2. The van der Waals surface area contributed by atoms with Crippen LogP contribution in [0.2, 0.25) is 0 Å². The lowest BCUT2D eigenvalue weighted by Crippen LogP contribution is -2.32. The minimum atomic E-state index is 0.281. The van der Waals surface area contributed by atoms with Gasteiger partial charge in [0.2, 0.25) is 0 Å². The Labute approximate surface area is 99.8 Å². The molecule has 0 bridgehead atoms. The summed E-state index contributed by atoms with van der Waals surface area (Å²) >= 11 is 0. The molecule has 0 spiro atoms. The second-order valence-corrected chi connectivity index (χ2v) is 6.22. The minimum Gasteiger partial charge on any atom is -0.378 e. The van der Waals surface area contributed by atoms with Crippen LogP contribution >= 0.6 is 0 Å². The first-order chi connectivity index (χ1) is 7.40. The topological polar surface area (TPSA) is 26.3 Å². The number of ether oxygens (including phenoxy) is 1. The molecular formula is C14H26O2. The van der Waals surface area contributed by atoms with Gasteiger partial charge in [-0.2, -0.15) is 0 Å². The molecule has 0 heterocycles. The predicted molar refractivity (Wildman–Crippen MR) is 66.5 cm³/mol. The number of rotatable bonds is 6. The molecule has 1 aliphatic carbocycles. The van der Waals surface area contributed by atoms with Crippen molar-refractivity contribution in [3.8, 4) is 0 Å². The SMILES string of the molecule is CCOC1CC(CC(=O)CCC(C)(C)C)C1. The fraction of sp³-hybridized carbons (Fsp3) is 0.929. The number of hydrogen-bond acceptors (Lipinski definition) is 2. The van der Waals surface area contributed by atoms with Gasteiger partial charge in [0.1, 0.15) is 5.78 Å². The molecule has 0 atom stereocenters. The van der Waals surface area contributed by atoms with Crippen LogP contribution in [0, 0.1) is 11.3 Å². The van der Waals surface area contributed by atoms with Gasteiger partial charge in [-0.25, -0.2) is 0 Å². The average molecular weight is 226 g/mol. The third kappa shape index (κ3) is 5.11. The lowest BCUT2D eigenvalue weighted by atomic mass is 9.78. The van der Waals surface area contributed by atoms with Gasteiger partial charge in [-0.1, -0.05) is 20.8 Å². The van der Waals surface area contributed by atoms with Gasteiger partial charge in [0.15, 0.2) is 0 Å². The molecule has 0 amide bonds. The molecule has 2 heteroatoms. The van der Waals surface area contributed by atoms with Crippen LogP contribution in [0.1, 0.15) is 59.8 Å². The van der Waals surface area contributed by atoms with Crippen molar-refractivity contribution >= 4 is 5.78 Å². The summed E-state index contributed by atoms with van der Waals surface area (Å²) < 4.78 is 5.49. The van der Waals surface area contributed by atoms with Crippen LogP contribution in [0.3, 0.4) is 0 Å². The van der Waals surface area contributed by atoms with Crippen molar-refractivity contribution in [2.24, 2.45) is 11.3 Å². The highest BCUT2D eigenvalue weighted by Crippen LogP contribution is 2.33. The van der Waals surface area contributed by atoms with E-state index in [0.29, 0.717) is 17.8 Å². The van der Waals surface area contributed by atoms with Crippen molar-refractivity contribution in [1.82, 2.24) is 0 Å². The fourth-order valence-corrected chi connectivity index (χ4v) is 2.15. The van der Waals surface area contributed by atoms with Crippen LogP contribution in [-0.4, -0.2) is 18.5 Å². The van der Waals surface area contributed by atoms with Crippen molar-refractivity contribution in [2.75, 3.05) is 6.61 Å². The largest absolute Gasteiger partial charge is 0.378 e. The van der Waals surface area contributed by atoms with Crippen LogP contribution in [0.5, 0.6) is 0 Å². The lowest BCUT2D eigenvalue weighted by molar-refractivity contribution is -0.122. The quantitative estimate of drug-likeness (QED) is 0.692. The van der Waals surface area contributed by atoms with E-state index in [1.54, 1.807) is 0 Å². The molecule has 1 saturated carbocycles. The molecule has 0 N–H and O–H groups in total. The second-order valence-electron chi connectivity index (χ2n) is 6.22. The van der Waals surface area contributed by atoms with Gasteiger partial charge in [-0.3, -0.25) is 4.79 Å². The molecule has 1 rings (SSSR count). The number of Topliss-reactive ketones (excluding diaryl/α,β-unsaturated/α-hetero) is 1. The summed E-state index contributed by atoms with van der Waals surface area (Å²) in [7, 11) is 0. The summed E-state index contributed by atoms with van der Waals surface area (Å²) in [5.41, 5.74) is 0.281. The third-order valence-electron chi connectivity index (χ3n) is 3.27. The molecule has 16 heavy (non-hydrogen) atoms. The van der Waals surface area contributed by atoms with E-state index in [1.165, 1.54) is 0 Å². The zero-order valence-electron chi connectivity index (χ0n) is 11.2. The Morgan fingerprint density at radius 3 is 2.44 bits per heavy atom. The number of carbonyl (C=O) groups is 1. The first-order valence-corrected chi connectivity index (χ1v) is 6.54. The monoisotopic (exact) mass is 226 g/mol. The smallest absolute Gasteiger partial charge is 0.133 e. The minimum absolute atomic E-state index is 0.281. The highest BCUT2D eigenvalue weighted by molar-refractivity contribution is 5.78. The molecule has 1 aliphatic rings. The Balaban J connectivity index is 2.08. The number of ketones is 1. The van der Waals surface area contributed by atoms with E-state index in [9.17, 15) is 4.79 Å². The van der Waals surface area contributed by atoms with E-state index in [0.717, 1.165) is 38.7 Å². The molecular weight excluding hydrogens is 200 g/mol. The van der Waals surface area contributed by atoms with Crippen molar-refractivity contribution in [3.63, 3.8) is 0 Å². The molecule has 0 saturated heterocycles. The van der Waals surface area contributed by atoms with Gasteiger partial charge in [-0.05, 0) is 37.5 Å². The molecule has 0 aromatic carbocycles. The van der Waals surface area contributed by atoms with Gasteiger partial charge in [0.05, 0.1) is 6.10 Å². The molecule has 1 fully saturated rings. The van der Waals surface area contributed by atoms with E-state index in [-0.39, 0.29) is 5.41 Å². The Bertz CT molecular complexity index is 221. The highest BCUT2D eigenvalue weighted by atomic mass is 16.5. The van der Waals surface area contributed by atoms with Gasteiger partial charge in [0.25, 0.3) is 0 Å². The van der Waals surface area contributed by atoms with Crippen molar-refractivity contribution in [3.05, 3.63) is 0 Å². The Kier molecular flexibility index (Phi) is 4.97. The summed E-state index contributed by atoms with van der Waals surface area (Å²) in [6, 6.07) is 0.